The van der Waals surface area contributed by atoms with Crippen LogP contribution in [0, 0.1) is 11.5 Å². The van der Waals surface area contributed by atoms with Crippen molar-refractivity contribution in [3.63, 3.8) is 0 Å². The third kappa shape index (κ3) is 2.07. The van der Waals surface area contributed by atoms with Gasteiger partial charge in [0.25, 0.3) is 0 Å². The van der Waals surface area contributed by atoms with Crippen LogP contribution in [0.15, 0.2) is 17.1 Å². The van der Waals surface area contributed by atoms with E-state index in [4.69, 9.17) is 33.2 Å². The summed E-state index contributed by atoms with van der Waals surface area (Å²) in [6.07, 6.45) is 2.48. The molecule has 2 unspecified atom stereocenters. The highest BCUT2D eigenvalue weighted by Crippen LogP contribution is 2.46. The number of nitrogens with one attached hydrogen (secondary N) is 2. The lowest BCUT2D eigenvalue weighted by molar-refractivity contribution is 0.0318. The van der Waals surface area contributed by atoms with Gasteiger partial charge >= 0.3 is 0 Å². The maximum absolute atomic E-state index is 8.69. The van der Waals surface area contributed by atoms with Crippen LogP contribution in [0.4, 0.5) is 0 Å². The molecule has 0 saturated heterocycles. The van der Waals surface area contributed by atoms with Crippen LogP contribution in [-0.2, 0) is 0 Å². The van der Waals surface area contributed by atoms with Crippen molar-refractivity contribution >= 4 is 29.2 Å². The van der Waals surface area contributed by atoms with Gasteiger partial charge in [-0.15, -0.1) is 0 Å². The van der Waals surface area contributed by atoms with E-state index < -0.39 is 5.72 Å². The van der Waals surface area contributed by atoms with Crippen LogP contribution in [0.25, 0.3) is 0 Å². The van der Waals surface area contributed by atoms with Crippen LogP contribution < -0.4 is 15.4 Å². The molecular weight excluding hydrogens is 287 g/mol. The Morgan fingerprint density at radius 1 is 1.58 bits per heavy atom. The zero-order valence-electron chi connectivity index (χ0n) is 10.00. The number of hydrogen-bond acceptors (Lipinski definition) is 5. The van der Waals surface area contributed by atoms with Gasteiger partial charge in [0.15, 0.2) is 11.9 Å². The SMILES string of the molecule is CC12CC(N=C(NC#N)N1)c1c(Cl)cc(Cl)cc1O2. The van der Waals surface area contributed by atoms with E-state index >= 15 is 0 Å². The minimum Gasteiger partial charge on any atom is -0.468 e. The molecule has 0 saturated carbocycles. The predicted molar refractivity (Wildman–Crippen MR) is 72.2 cm³/mol. The van der Waals surface area contributed by atoms with Gasteiger partial charge in [0, 0.05) is 17.0 Å². The quantitative estimate of drug-likeness (QED) is 0.570. The van der Waals surface area contributed by atoms with Gasteiger partial charge in [-0.25, -0.2) is 4.99 Å². The Hall–Kier alpha value is -1.64. The van der Waals surface area contributed by atoms with Gasteiger partial charge < -0.3 is 10.1 Å². The van der Waals surface area contributed by atoms with Gasteiger partial charge in [-0.3, -0.25) is 5.32 Å². The Morgan fingerprint density at radius 3 is 3.11 bits per heavy atom. The van der Waals surface area contributed by atoms with Gasteiger partial charge in [-0.2, -0.15) is 5.26 Å². The van der Waals surface area contributed by atoms with Gasteiger partial charge in [0.05, 0.1) is 11.1 Å². The summed E-state index contributed by atoms with van der Waals surface area (Å²) in [6, 6.07) is 3.24. The highest BCUT2D eigenvalue weighted by atomic mass is 35.5. The molecule has 5 nitrogen and oxygen atoms in total. The summed E-state index contributed by atoms with van der Waals surface area (Å²) < 4.78 is 5.92. The van der Waals surface area contributed by atoms with Gasteiger partial charge in [-0.05, 0) is 19.1 Å². The average Bonchev–Trinajstić information content (AvgIpc) is 2.25. The van der Waals surface area contributed by atoms with Gasteiger partial charge in [0.1, 0.15) is 5.75 Å². The molecule has 2 N–H and O–H groups in total. The fourth-order valence-electron chi connectivity index (χ4n) is 2.47. The predicted octanol–water partition coefficient (Wildman–Crippen LogP) is 2.56. The summed E-state index contributed by atoms with van der Waals surface area (Å²) in [5, 5.41) is 15.3. The number of guanidine groups is 1. The van der Waals surface area contributed by atoms with Crippen molar-refractivity contribution in [3.8, 4) is 11.9 Å². The fraction of sp³-hybridized carbons (Fsp3) is 0.333. The number of halogens is 2. The number of fused-ring (bicyclic) bond motifs is 4. The number of hydrogen-bond donors (Lipinski definition) is 2. The second-order valence-electron chi connectivity index (χ2n) is 4.69. The Balaban J connectivity index is 2.12. The first-order chi connectivity index (χ1) is 9.00. The van der Waals surface area contributed by atoms with Crippen molar-refractivity contribution in [1.82, 2.24) is 10.6 Å². The lowest BCUT2D eigenvalue weighted by Gasteiger charge is -2.43. The zero-order valence-corrected chi connectivity index (χ0v) is 11.5. The van der Waals surface area contributed by atoms with Crippen LogP contribution in [0.2, 0.25) is 10.0 Å². The summed E-state index contributed by atoms with van der Waals surface area (Å²) in [4.78, 5) is 4.43. The normalized spacial score (nSPS) is 27.3. The molecule has 3 rings (SSSR count). The fourth-order valence-corrected chi connectivity index (χ4v) is 3.07. The molecule has 0 radical (unpaired) electrons. The average molecular weight is 297 g/mol. The number of benzene rings is 1. The van der Waals surface area contributed by atoms with E-state index in [0.717, 1.165) is 5.56 Å². The van der Waals surface area contributed by atoms with Crippen LogP contribution in [-0.4, -0.2) is 11.7 Å². The molecule has 0 fully saturated rings. The second-order valence-corrected chi connectivity index (χ2v) is 5.54. The Morgan fingerprint density at radius 2 is 2.37 bits per heavy atom. The molecule has 1 aromatic carbocycles. The largest absolute Gasteiger partial charge is 0.468 e. The molecule has 0 aliphatic carbocycles. The Kier molecular flexibility index (Phi) is 2.73. The summed E-state index contributed by atoms with van der Waals surface area (Å²) in [5.41, 5.74) is 0.175. The molecule has 1 aromatic rings. The van der Waals surface area contributed by atoms with E-state index in [2.05, 4.69) is 15.6 Å². The molecule has 7 heteroatoms. The third-order valence-electron chi connectivity index (χ3n) is 3.15. The van der Waals surface area contributed by atoms with E-state index in [9.17, 15) is 0 Å². The minimum atomic E-state index is -0.632. The monoisotopic (exact) mass is 296 g/mol. The van der Waals surface area contributed by atoms with Gasteiger partial charge in [0.2, 0.25) is 5.96 Å². The van der Waals surface area contributed by atoms with E-state index in [-0.39, 0.29) is 6.04 Å². The Bertz CT molecular complexity index is 625. The molecule has 0 spiro atoms. The van der Waals surface area contributed by atoms with Crippen LogP contribution in [0.1, 0.15) is 24.9 Å². The van der Waals surface area contributed by atoms with Crippen LogP contribution >= 0.6 is 23.2 Å². The molecule has 0 amide bonds. The summed E-state index contributed by atoms with van der Waals surface area (Å²) in [6.45, 7) is 1.89. The van der Waals surface area contributed by atoms with Crippen molar-refractivity contribution in [2.45, 2.75) is 25.1 Å². The number of nitrogens with zero attached hydrogens (tertiary/aromatic N) is 2. The number of aliphatic imine (C=N–C) groups is 1. The van der Waals surface area contributed by atoms with Crippen LogP contribution in [0.3, 0.4) is 0 Å². The molecule has 2 bridgehead atoms. The summed E-state index contributed by atoms with van der Waals surface area (Å²) >= 11 is 12.2. The highest BCUT2D eigenvalue weighted by Gasteiger charge is 2.42. The number of ether oxygens (including phenoxy) is 1. The minimum absolute atomic E-state index is 0.157. The first-order valence-electron chi connectivity index (χ1n) is 5.70. The molecule has 2 aliphatic rings. The maximum Gasteiger partial charge on any atom is 0.208 e. The first-order valence-corrected chi connectivity index (χ1v) is 6.45. The van der Waals surface area contributed by atoms with Crippen molar-refractivity contribution in [2.75, 3.05) is 0 Å². The molecular formula is C12H10Cl2N4O. The number of nitriles is 1. The van der Waals surface area contributed by atoms with Crippen molar-refractivity contribution in [2.24, 2.45) is 4.99 Å². The standard InChI is InChI=1S/C12H10Cl2N4O/c1-12-4-8(17-11(18-12)16-5-15)10-7(14)2-6(13)3-9(10)19-12/h2-3,8H,4H2,1H3,(H2,16,17,18). The van der Waals surface area contributed by atoms with Crippen molar-refractivity contribution in [1.29, 1.82) is 5.26 Å². The van der Waals surface area contributed by atoms with E-state index in [1.54, 1.807) is 12.1 Å². The van der Waals surface area contributed by atoms with Crippen molar-refractivity contribution < 1.29 is 4.74 Å². The topological polar surface area (TPSA) is 69.4 Å². The molecule has 2 atom stereocenters. The smallest absolute Gasteiger partial charge is 0.208 e. The maximum atomic E-state index is 8.69. The highest BCUT2D eigenvalue weighted by molar-refractivity contribution is 6.35. The molecule has 98 valence electrons. The van der Waals surface area contributed by atoms with E-state index in [1.807, 2.05) is 13.1 Å². The van der Waals surface area contributed by atoms with Crippen molar-refractivity contribution in [3.05, 3.63) is 27.7 Å². The zero-order chi connectivity index (χ0) is 13.6. The molecule has 2 aliphatic heterocycles. The third-order valence-corrected chi connectivity index (χ3v) is 3.68. The number of rotatable bonds is 0. The lowest BCUT2D eigenvalue weighted by Crippen LogP contribution is -2.58. The molecule has 2 heterocycles. The lowest BCUT2D eigenvalue weighted by atomic mass is 9.92. The van der Waals surface area contributed by atoms with Crippen LogP contribution in [0.5, 0.6) is 5.75 Å². The molecule has 19 heavy (non-hydrogen) atoms. The Labute approximate surface area is 120 Å². The van der Waals surface area contributed by atoms with Gasteiger partial charge in [-0.1, -0.05) is 23.2 Å². The van der Waals surface area contributed by atoms with E-state index in [1.165, 1.54) is 0 Å². The van der Waals surface area contributed by atoms with E-state index in [0.29, 0.717) is 28.2 Å². The summed E-state index contributed by atoms with van der Waals surface area (Å²) in [5.74, 6) is 1.02. The summed E-state index contributed by atoms with van der Waals surface area (Å²) in [7, 11) is 0. The molecule has 0 aromatic heterocycles. The first kappa shape index (κ1) is 12.4. The second kappa shape index (κ2) is 4.19.